The number of hydrogen-bond donors (Lipinski definition) is 1. The van der Waals surface area contributed by atoms with Crippen molar-refractivity contribution in [2.24, 2.45) is 24.3 Å². The van der Waals surface area contributed by atoms with Gasteiger partial charge in [0.05, 0.1) is 17.4 Å². The standard InChI is InChI=1S/C28H34ClF2N5O5/c1-15-11-22(37)35(12-15)13-20-23-16(8-10-36(20)26(38)17-5-4-9-28(17,2)27(39)40)18(29)6-7-21(23)41-14-19-24(25(30)31)34(3)33-32-19/h6-7,15,17,20,25H,4-5,8-14H2,1-3H3,(H,39,40)/t15?,17?,20-,28-/m1/s1. The van der Waals surface area contributed by atoms with E-state index in [9.17, 15) is 28.3 Å². The summed E-state index contributed by atoms with van der Waals surface area (Å²) in [6.45, 7) is 4.32. The van der Waals surface area contributed by atoms with Crippen LogP contribution in [0.4, 0.5) is 8.78 Å². The number of amides is 2. The topological polar surface area (TPSA) is 118 Å². The molecular formula is C28H34ClF2N5O5. The molecule has 0 spiro atoms. The van der Waals surface area contributed by atoms with Gasteiger partial charge in [0, 0.05) is 43.7 Å². The molecule has 1 N–H and O–H groups in total. The molecule has 4 atom stereocenters. The van der Waals surface area contributed by atoms with Crippen LogP contribution in [0.1, 0.15) is 74.5 Å². The van der Waals surface area contributed by atoms with Crippen LogP contribution in [-0.2, 0) is 34.5 Å². The van der Waals surface area contributed by atoms with E-state index >= 15 is 0 Å². The lowest BCUT2D eigenvalue weighted by atomic mass is 9.78. The van der Waals surface area contributed by atoms with Crippen LogP contribution in [0.25, 0.3) is 0 Å². The molecule has 1 aromatic carbocycles. The first-order chi connectivity index (χ1) is 19.4. The number of benzene rings is 1. The number of hydrogen-bond acceptors (Lipinski definition) is 6. The zero-order chi connectivity index (χ0) is 29.6. The van der Waals surface area contributed by atoms with Gasteiger partial charge >= 0.3 is 5.97 Å². The van der Waals surface area contributed by atoms with Gasteiger partial charge in [0.15, 0.2) is 0 Å². The van der Waals surface area contributed by atoms with Crippen LogP contribution in [0.5, 0.6) is 5.75 Å². The van der Waals surface area contributed by atoms with Gasteiger partial charge in [-0.2, -0.15) is 0 Å². The van der Waals surface area contributed by atoms with Crippen molar-refractivity contribution in [1.29, 1.82) is 0 Å². The summed E-state index contributed by atoms with van der Waals surface area (Å²) in [4.78, 5) is 42.6. The molecule has 1 saturated heterocycles. The van der Waals surface area contributed by atoms with E-state index in [0.29, 0.717) is 61.5 Å². The molecule has 2 aromatic rings. The van der Waals surface area contributed by atoms with Crippen LogP contribution in [0.3, 0.4) is 0 Å². The van der Waals surface area contributed by atoms with Gasteiger partial charge in [-0.25, -0.2) is 13.5 Å². The number of carbonyl (C=O) groups is 3. The average molecular weight is 594 g/mol. The molecule has 1 aliphatic carbocycles. The summed E-state index contributed by atoms with van der Waals surface area (Å²) in [5, 5.41) is 18.0. The van der Waals surface area contributed by atoms with Crippen LogP contribution in [0, 0.1) is 17.3 Å². The van der Waals surface area contributed by atoms with Gasteiger partial charge in [-0.05, 0) is 49.8 Å². The van der Waals surface area contributed by atoms with E-state index in [1.54, 1.807) is 28.9 Å². The summed E-state index contributed by atoms with van der Waals surface area (Å²) in [6, 6.07) is 2.63. The third kappa shape index (κ3) is 5.26. The number of aliphatic carboxylic acids is 1. The Hall–Kier alpha value is -3.28. The molecular weight excluding hydrogens is 560 g/mol. The highest BCUT2D eigenvalue weighted by atomic mass is 35.5. The van der Waals surface area contributed by atoms with E-state index < -0.39 is 29.8 Å². The summed E-state index contributed by atoms with van der Waals surface area (Å²) in [7, 11) is 1.38. The van der Waals surface area contributed by atoms with E-state index in [4.69, 9.17) is 16.3 Å². The maximum absolute atomic E-state index is 14.1. The number of alkyl halides is 2. The Balaban J connectivity index is 1.54. The number of carboxylic acid groups (broad SMARTS) is 1. The molecule has 3 heterocycles. The predicted molar refractivity (Wildman–Crippen MR) is 143 cm³/mol. The number of aryl methyl sites for hydroxylation is 1. The van der Waals surface area contributed by atoms with Gasteiger partial charge in [0.2, 0.25) is 11.8 Å². The Morgan fingerprint density at radius 3 is 2.73 bits per heavy atom. The highest BCUT2D eigenvalue weighted by Gasteiger charge is 2.51. The Bertz CT molecular complexity index is 1370. The van der Waals surface area contributed by atoms with Crippen molar-refractivity contribution in [3.63, 3.8) is 0 Å². The van der Waals surface area contributed by atoms with Gasteiger partial charge in [-0.15, -0.1) is 5.10 Å². The number of carbonyl (C=O) groups excluding carboxylic acids is 2. The molecule has 3 aliphatic rings. The zero-order valence-electron chi connectivity index (χ0n) is 23.3. The van der Waals surface area contributed by atoms with Crippen LogP contribution >= 0.6 is 11.6 Å². The second-order valence-corrected chi connectivity index (χ2v) is 12.1. The molecule has 2 aliphatic heterocycles. The number of halogens is 3. The first-order valence-electron chi connectivity index (χ1n) is 13.8. The molecule has 222 valence electrons. The fraction of sp³-hybridized carbons (Fsp3) is 0.607. The van der Waals surface area contributed by atoms with E-state index in [1.165, 1.54) is 7.05 Å². The van der Waals surface area contributed by atoms with Crippen molar-refractivity contribution in [2.75, 3.05) is 19.6 Å². The maximum atomic E-state index is 14.1. The number of aromatic nitrogens is 3. The van der Waals surface area contributed by atoms with E-state index in [1.807, 2.05) is 6.92 Å². The lowest BCUT2D eigenvalue weighted by Crippen LogP contribution is -2.50. The monoisotopic (exact) mass is 593 g/mol. The summed E-state index contributed by atoms with van der Waals surface area (Å²) in [5.41, 5.74) is -0.212. The first kappa shape index (κ1) is 29.2. The van der Waals surface area contributed by atoms with Crippen molar-refractivity contribution in [2.45, 2.75) is 65.0 Å². The quantitative estimate of drug-likeness (QED) is 0.488. The minimum absolute atomic E-state index is 0.0155. The van der Waals surface area contributed by atoms with Gasteiger partial charge in [0.25, 0.3) is 6.43 Å². The van der Waals surface area contributed by atoms with Gasteiger partial charge in [-0.3, -0.25) is 14.4 Å². The lowest BCUT2D eigenvalue weighted by Gasteiger charge is -2.42. The molecule has 1 saturated carbocycles. The Labute approximate surface area is 241 Å². The third-order valence-electron chi connectivity index (χ3n) is 8.92. The zero-order valence-corrected chi connectivity index (χ0v) is 24.0. The van der Waals surface area contributed by atoms with Crippen molar-refractivity contribution in [1.82, 2.24) is 24.8 Å². The molecule has 10 nitrogen and oxygen atoms in total. The average Bonchev–Trinajstić information content (AvgIpc) is 3.59. The third-order valence-corrected chi connectivity index (χ3v) is 9.27. The SMILES string of the molecule is CC1CC(=O)N(C[C@@H]2c3c(OCc4nnn(C)c4C(F)F)ccc(Cl)c3CCN2C(=O)C2CCC[C@@]2(C)C(=O)O)C1. The fourth-order valence-electron chi connectivity index (χ4n) is 6.66. The molecule has 5 rings (SSSR count). The van der Waals surface area contributed by atoms with Crippen molar-refractivity contribution < 1.29 is 33.0 Å². The minimum atomic E-state index is -2.80. The summed E-state index contributed by atoms with van der Waals surface area (Å²) >= 11 is 6.63. The number of nitrogens with zero attached hydrogens (tertiary/aromatic N) is 5. The highest BCUT2D eigenvalue weighted by molar-refractivity contribution is 6.31. The fourth-order valence-corrected chi connectivity index (χ4v) is 6.92. The van der Waals surface area contributed by atoms with Crippen LogP contribution < -0.4 is 4.74 Å². The largest absolute Gasteiger partial charge is 0.487 e. The smallest absolute Gasteiger partial charge is 0.310 e. The number of rotatable bonds is 8. The number of likely N-dealkylation sites (tertiary alicyclic amines) is 1. The first-order valence-corrected chi connectivity index (χ1v) is 14.2. The second-order valence-electron chi connectivity index (χ2n) is 11.6. The molecule has 0 radical (unpaired) electrons. The summed E-state index contributed by atoms with van der Waals surface area (Å²) < 4.78 is 34.4. The molecule has 2 unspecified atom stereocenters. The second kappa shape index (κ2) is 11.2. The van der Waals surface area contributed by atoms with Crippen molar-refractivity contribution in [3.05, 3.63) is 39.7 Å². The number of fused-ring (bicyclic) bond motifs is 1. The number of carboxylic acids is 1. The van der Waals surface area contributed by atoms with E-state index in [0.717, 1.165) is 10.2 Å². The molecule has 41 heavy (non-hydrogen) atoms. The molecule has 2 fully saturated rings. The molecule has 2 amide bonds. The van der Waals surface area contributed by atoms with Crippen LogP contribution in [0.15, 0.2) is 12.1 Å². The Morgan fingerprint density at radius 2 is 2.07 bits per heavy atom. The highest BCUT2D eigenvalue weighted by Crippen LogP contribution is 2.47. The number of ether oxygens (including phenoxy) is 1. The van der Waals surface area contributed by atoms with Crippen LogP contribution in [-0.4, -0.2) is 67.3 Å². The van der Waals surface area contributed by atoms with Gasteiger partial charge < -0.3 is 19.6 Å². The normalized spacial score (nSPS) is 26.1. The summed E-state index contributed by atoms with van der Waals surface area (Å²) in [6.07, 6.45) is -0.523. The predicted octanol–water partition coefficient (Wildman–Crippen LogP) is 4.17. The van der Waals surface area contributed by atoms with E-state index in [-0.39, 0.29) is 42.3 Å². The van der Waals surface area contributed by atoms with E-state index in [2.05, 4.69) is 10.3 Å². The minimum Gasteiger partial charge on any atom is -0.487 e. The lowest BCUT2D eigenvalue weighted by molar-refractivity contribution is -0.157. The molecule has 13 heteroatoms. The van der Waals surface area contributed by atoms with Crippen molar-refractivity contribution in [3.8, 4) is 5.75 Å². The molecule has 0 bridgehead atoms. The van der Waals surface area contributed by atoms with Crippen molar-refractivity contribution >= 4 is 29.4 Å². The van der Waals surface area contributed by atoms with Gasteiger partial charge in [0.1, 0.15) is 23.7 Å². The Kier molecular flexibility index (Phi) is 7.97. The van der Waals surface area contributed by atoms with Crippen LogP contribution in [0.2, 0.25) is 5.02 Å². The van der Waals surface area contributed by atoms with Gasteiger partial charge in [-0.1, -0.05) is 30.2 Å². The molecule has 1 aromatic heterocycles. The maximum Gasteiger partial charge on any atom is 0.310 e. The Morgan fingerprint density at radius 1 is 1.32 bits per heavy atom. The summed E-state index contributed by atoms with van der Waals surface area (Å²) in [5.74, 6) is -1.53.